The monoisotopic (exact) mass is 516 g/mol. The summed E-state index contributed by atoms with van der Waals surface area (Å²) in [6.07, 6.45) is -0.776. The molecule has 0 aromatic heterocycles. The fourth-order valence-corrected chi connectivity index (χ4v) is 5.67. The first kappa shape index (κ1) is 25.5. The van der Waals surface area contributed by atoms with Crippen molar-refractivity contribution in [3.8, 4) is 16.9 Å². The molecule has 7 nitrogen and oxygen atoms in total. The molecule has 0 radical (unpaired) electrons. The van der Waals surface area contributed by atoms with E-state index >= 15 is 0 Å². The van der Waals surface area contributed by atoms with Crippen LogP contribution in [0.4, 0.5) is 13.2 Å². The number of ether oxygens (including phenoxy) is 1. The molecule has 10 heteroatoms. The van der Waals surface area contributed by atoms with Gasteiger partial charge in [0.15, 0.2) is 0 Å². The van der Waals surface area contributed by atoms with Crippen LogP contribution in [0.2, 0.25) is 0 Å². The summed E-state index contributed by atoms with van der Waals surface area (Å²) in [5, 5.41) is 6.70. The zero-order valence-electron chi connectivity index (χ0n) is 20.7. The van der Waals surface area contributed by atoms with E-state index < -0.39 is 6.36 Å². The number of amides is 2. The summed E-state index contributed by atoms with van der Waals surface area (Å²) in [7, 11) is 0. The van der Waals surface area contributed by atoms with Gasteiger partial charge in [-0.1, -0.05) is 31.0 Å². The lowest BCUT2D eigenvalue weighted by molar-refractivity contribution is -0.274. The first-order valence-corrected chi connectivity index (χ1v) is 12.7. The summed E-state index contributed by atoms with van der Waals surface area (Å²) in [6, 6.07) is 11.3. The number of benzene rings is 2. The van der Waals surface area contributed by atoms with Crippen molar-refractivity contribution in [2.24, 2.45) is 5.92 Å². The Balaban J connectivity index is 1.21. The third kappa shape index (κ3) is 5.75. The molecule has 1 aliphatic carbocycles. The highest BCUT2D eigenvalue weighted by Crippen LogP contribution is 2.31. The van der Waals surface area contributed by atoms with E-state index in [-0.39, 0.29) is 35.8 Å². The minimum Gasteiger partial charge on any atom is -0.406 e. The maximum Gasteiger partial charge on any atom is 0.573 e. The summed E-state index contributed by atoms with van der Waals surface area (Å²) in [6.45, 7) is 4.20. The summed E-state index contributed by atoms with van der Waals surface area (Å²) in [4.78, 5) is 29.8. The van der Waals surface area contributed by atoms with Gasteiger partial charge in [-0.3, -0.25) is 19.8 Å². The Morgan fingerprint density at radius 2 is 1.78 bits per heavy atom. The Hall–Kier alpha value is -3.11. The van der Waals surface area contributed by atoms with E-state index in [1.165, 1.54) is 18.2 Å². The first-order valence-electron chi connectivity index (χ1n) is 12.7. The molecule has 2 aliphatic heterocycles. The normalized spacial score (nSPS) is 24.8. The molecular weight excluding hydrogens is 485 g/mol. The molecule has 3 fully saturated rings. The zero-order valence-corrected chi connectivity index (χ0v) is 20.7. The Morgan fingerprint density at radius 1 is 1.03 bits per heavy atom. The number of rotatable bonds is 4. The SMILES string of the molecule is Cc1cc(C(=O)N2CCN(C3NC(=O)C4CCCCC4N3)CC2)ccc1-c1cccc(OC(F)(F)F)c1. The van der Waals surface area contributed by atoms with Crippen LogP contribution in [0.15, 0.2) is 42.5 Å². The molecule has 2 heterocycles. The Morgan fingerprint density at radius 3 is 2.51 bits per heavy atom. The van der Waals surface area contributed by atoms with E-state index in [1.54, 1.807) is 29.2 Å². The number of hydrogen-bond donors (Lipinski definition) is 2. The lowest BCUT2D eigenvalue weighted by Crippen LogP contribution is -2.69. The van der Waals surface area contributed by atoms with Gasteiger partial charge in [-0.15, -0.1) is 13.2 Å². The fourth-order valence-electron chi connectivity index (χ4n) is 5.67. The molecule has 1 saturated carbocycles. The smallest absolute Gasteiger partial charge is 0.406 e. The number of alkyl halides is 3. The van der Waals surface area contributed by atoms with Crippen molar-refractivity contribution >= 4 is 11.8 Å². The number of carbonyl (C=O) groups excluding carboxylic acids is 2. The van der Waals surface area contributed by atoms with Gasteiger partial charge in [0.1, 0.15) is 12.0 Å². The molecule has 2 aromatic carbocycles. The summed E-state index contributed by atoms with van der Waals surface area (Å²) >= 11 is 0. The van der Waals surface area contributed by atoms with Crippen molar-refractivity contribution in [2.75, 3.05) is 26.2 Å². The van der Waals surface area contributed by atoms with Crippen molar-refractivity contribution in [1.82, 2.24) is 20.4 Å². The highest BCUT2D eigenvalue weighted by atomic mass is 19.4. The second-order valence-corrected chi connectivity index (χ2v) is 10.0. The maximum absolute atomic E-state index is 13.2. The number of aryl methyl sites for hydroxylation is 1. The van der Waals surface area contributed by atoms with Crippen molar-refractivity contribution < 1.29 is 27.5 Å². The molecule has 198 valence electrons. The molecule has 2 saturated heterocycles. The maximum atomic E-state index is 13.2. The molecule has 0 bridgehead atoms. The molecule has 0 spiro atoms. The number of hydrogen-bond acceptors (Lipinski definition) is 5. The predicted molar refractivity (Wildman–Crippen MR) is 132 cm³/mol. The van der Waals surface area contributed by atoms with Gasteiger partial charge >= 0.3 is 6.36 Å². The quantitative estimate of drug-likeness (QED) is 0.646. The molecule has 37 heavy (non-hydrogen) atoms. The number of fused-ring (bicyclic) bond motifs is 1. The molecule has 3 aliphatic rings. The van der Waals surface area contributed by atoms with Gasteiger partial charge in [0.25, 0.3) is 5.91 Å². The minimum atomic E-state index is -4.76. The number of nitrogens with zero attached hydrogens (tertiary/aromatic N) is 2. The van der Waals surface area contributed by atoms with Gasteiger partial charge in [-0.2, -0.15) is 0 Å². The zero-order chi connectivity index (χ0) is 26.2. The van der Waals surface area contributed by atoms with Gasteiger partial charge in [-0.05, 0) is 60.7 Å². The number of halogens is 3. The number of carbonyl (C=O) groups is 2. The van der Waals surface area contributed by atoms with Gasteiger partial charge in [0, 0.05) is 37.8 Å². The molecule has 3 unspecified atom stereocenters. The van der Waals surface area contributed by atoms with Crippen LogP contribution >= 0.6 is 0 Å². The number of nitrogens with one attached hydrogen (secondary N) is 2. The van der Waals surface area contributed by atoms with Gasteiger partial charge < -0.3 is 15.0 Å². The average Bonchev–Trinajstić information content (AvgIpc) is 2.87. The van der Waals surface area contributed by atoms with E-state index in [2.05, 4.69) is 20.3 Å². The van der Waals surface area contributed by atoms with Gasteiger partial charge in [0.2, 0.25) is 5.91 Å². The van der Waals surface area contributed by atoms with Crippen LogP contribution in [0, 0.1) is 12.8 Å². The molecule has 2 aromatic rings. The van der Waals surface area contributed by atoms with E-state index in [4.69, 9.17) is 0 Å². The van der Waals surface area contributed by atoms with Crippen LogP contribution in [0.1, 0.15) is 41.6 Å². The van der Waals surface area contributed by atoms with E-state index in [0.29, 0.717) is 37.3 Å². The molecule has 2 amide bonds. The fraction of sp³-hybridized carbons (Fsp3) is 0.481. The van der Waals surface area contributed by atoms with Crippen molar-refractivity contribution in [2.45, 2.75) is 51.3 Å². The average molecular weight is 517 g/mol. The predicted octanol–water partition coefficient (Wildman–Crippen LogP) is 3.88. The van der Waals surface area contributed by atoms with E-state index in [9.17, 15) is 22.8 Å². The van der Waals surface area contributed by atoms with Crippen LogP contribution in [0.3, 0.4) is 0 Å². The van der Waals surface area contributed by atoms with Crippen LogP contribution < -0.4 is 15.4 Å². The molecule has 5 rings (SSSR count). The lowest BCUT2D eigenvalue weighted by Gasteiger charge is -2.46. The topological polar surface area (TPSA) is 73.9 Å². The second-order valence-electron chi connectivity index (χ2n) is 10.0. The third-order valence-electron chi connectivity index (χ3n) is 7.57. The standard InChI is InChI=1S/C27H31F3N4O3/c1-17-15-19(9-10-21(17)18-5-4-6-20(16-18)37-27(28,29)30)25(36)33-11-13-34(14-12-33)26-31-23-8-3-2-7-22(23)24(35)32-26/h4-6,9-10,15-16,22-23,26,31H,2-3,7-8,11-14H2,1H3,(H,32,35). The third-order valence-corrected chi connectivity index (χ3v) is 7.57. The second kappa shape index (κ2) is 10.3. The highest BCUT2D eigenvalue weighted by molar-refractivity contribution is 5.95. The van der Waals surface area contributed by atoms with Crippen molar-refractivity contribution in [1.29, 1.82) is 0 Å². The van der Waals surface area contributed by atoms with Crippen LogP contribution in [0.25, 0.3) is 11.1 Å². The van der Waals surface area contributed by atoms with Crippen LogP contribution in [0.5, 0.6) is 5.75 Å². The molecule has 2 N–H and O–H groups in total. The molecular formula is C27H31F3N4O3. The van der Waals surface area contributed by atoms with E-state index in [0.717, 1.165) is 36.8 Å². The Bertz CT molecular complexity index is 1160. The van der Waals surface area contributed by atoms with Gasteiger partial charge in [0.05, 0.1) is 5.92 Å². The highest BCUT2D eigenvalue weighted by Gasteiger charge is 2.40. The Labute approximate surface area is 213 Å². The summed E-state index contributed by atoms with van der Waals surface area (Å²) in [5.74, 6) is -0.196. The van der Waals surface area contributed by atoms with Crippen molar-refractivity contribution in [3.63, 3.8) is 0 Å². The lowest BCUT2D eigenvalue weighted by atomic mass is 9.82. The largest absolute Gasteiger partial charge is 0.573 e. The van der Waals surface area contributed by atoms with E-state index in [1.807, 2.05) is 6.92 Å². The first-order chi connectivity index (χ1) is 17.7. The van der Waals surface area contributed by atoms with Crippen molar-refractivity contribution in [3.05, 3.63) is 53.6 Å². The molecule has 3 atom stereocenters. The Kier molecular flexibility index (Phi) is 7.13. The van der Waals surface area contributed by atoms with Gasteiger partial charge in [-0.25, -0.2) is 0 Å². The summed E-state index contributed by atoms with van der Waals surface area (Å²) in [5.41, 5.74) is 2.62. The van der Waals surface area contributed by atoms with Crippen LogP contribution in [-0.2, 0) is 4.79 Å². The minimum absolute atomic E-state index is 0.0544. The summed E-state index contributed by atoms with van der Waals surface area (Å²) < 4.78 is 41.8. The van der Waals surface area contributed by atoms with Crippen LogP contribution in [-0.4, -0.2) is 66.5 Å². The number of piperazine rings is 1.